The molecule has 1 aromatic heterocycles. The maximum Gasteiger partial charge on any atom is 0.357 e. The Hall–Kier alpha value is -2.29. The largest absolute Gasteiger partial charge is 0.464 e. The summed E-state index contributed by atoms with van der Waals surface area (Å²) in [6.07, 6.45) is 0.627. The molecule has 2 aromatic rings. The van der Waals surface area contributed by atoms with Crippen LogP contribution in [0.1, 0.15) is 53.2 Å². The maximum atomic E-state index is 12.6. The summed E-state index contributed by atoms with van der Waals surface area (Å²) in [4.78, 5) is 29.5. The summed E-state index contributed by atoms with van der Waals surface area (Å²) in [5.41, 5.74) is 7.57. The van der Waals surface area contributed by atoms with Gasteiger partial charge in [0.05, 0.1) is 7.11 Å². The summed E-state index contributed by atoms with van der Waals surface area (Å²) in [5.74, 6) is -0.562. The summed E-state index contributed by atoms with van der Waals surface area (Å²) in [5, 5.41) is 3.22. The van der Waals surface area contributed by atoms with Crippen LogP contribution in [-0.2, 0) is 9.53 Å². The lowest BCUT2D eigenvalue weighted by molar-refractivity contribution is -0.117. The van der Waals surface area contributed by atoms with Crippen molar-refractivity contribution < 1.29 is 14.3 Å². The number of hydrogen-bond acceptors (Lipinski definition) is 7. The van der Waals surface area contributed by atoms with Crippen LogP contribution in [0.2, 0.25) is 0 Å². The van der Waals surface area contributed by atoms with Crippen molar-refractivity contribution in [2.24, 2.45) is 0 Å². The normalized spacial score (nSPS) is 19.5. The highest BCUT2D eigenvalue weighted by atomic mass is 32.1. The molecule has 1 saturated heterocycles. The Balaban J connectivity index is 1.68. The molecular formula is C18H22N4O3S. The van der Waals surface area contributed by atoms with E-state index in [2.05, 4.69) is 21.2 Å². The van der Waals surface area contributed by atoms with Crippen LogP contribution in [0.5, 0.6) is 0 Å². The summed E-state index contributed by atoms with van der Waals surface area (Å²) in [7, 11) is 1.32. The number of rotatable bonds is 5. The van der Waals surface area contributed by atoms with E-state index in [1.54, 1.807) is 0 Å². The molecule has 1 amide bonds. The molecule has 1 fully saturated rings. The number of ether oxygens (including phenoxy) is 1. The summed E-state index contributed by atoms with van der Waals surface area (Å²) >= 11 is 1.30. The number of carbonyl (C=O) groups is 2. The van der Waals surface area contributed by atoms with Gasteiger partial charge in [0, 0.05) is 10.9 Å². The second kappa shape index (κ2) is 7.94. The van der Waals surface area contributed by atoms with Gasteiger partial charge < -0.3 is 10.1 Å². The lowest BCUT2D eigenvalue weighted by Gasteiger charge is -2.09. The zero-order valence-electron chi connectivity index (χ0n) is 14.9. The van der Waals surface area contributed by atoms with E-state index in [0.29, 0.717) is 11.6 Å². The molecular weight excluding hydrogens is 352 g/mol. The van der Waals surface area contributed by atoms with Gasteiger partial charge in [0.1, 0.15) is 6.04 Å². The van der Waals surface area contributed by atoms with Crippen LogP contribution in [0.4, 0.5) is 5.13 Å². The highest BCUT2D eigenvalue weighted by molar-refractivity contribution is 7.16. The van der Waals surface area contributed by atoms with E-state index in [1.165, 1.54) is 18.4 Å². The first-order valence-electron chi connectivity index (χ1n) is 8.45. The van der Waals surface area contributed by atoms with Crippen molar-refractivity contribution in [3.63, 3.8) is 0 Å². The topological polar surface area (TPSA) is 92.3 Å². The number of thiazole rings is 1. The number of benzene rings is 1. The number of methoxy groups -OCH3 is 1. The summed E-state index contributed by atoms with van der Waals surface area (Å²) in [6, 6.07) is 9.65. The lowest BCUT2D eigenvalue weighted by atomic mass is 10.0. The molecule has 138 valence electrons. The maximum absolute atomic E-state index is 12.6. The second-order valence-corrected chi connectivity index (χ2v) is 7.44. The van der Waals surface area contributed by atoms with Crippen LogP contribution in [0.3, 0.4) is 0 Å². The third-order valence-corrected chi connectivity index (χ3v) is 5.48. The molecule has 7 nitrogen and oxygen atoms in total. The van der Waals surface area contributed by atoms with Gasteiger partial charge in [0.25, 0.3) is 0 Å². The minimum Gasteiger partial charge on any atom is -0.464 e. The molecule has 26 heavy (non-hydrogen) atoms. The van der Waals surface area contributed by atoms with Gasteiger partial charge in [-0.3, -0.25) is 4.79 Å². The first-order chi connectivity index (χ1) is 12.5. The van der Waals surface area contributed by atoms with Crippen LogP contribution >= 0.6 is 11.3 Å². The fourth-order valence-electron chi connectivity index (χ4n) is 2.84. The molecule has 0 spiro atoms. The van der Waals surface area contributed by atoms with Gasteiger partial charge >= 0.3 is 5.97 Å². The highest BCUT2D eigenvalue weighted by Gasteiger charge is 2.31. The second-order valence-electron chi connectivity index (χ2n) is 6.41. The number of aromatic nitrogens is 1. The number of amides is 1. The Morgan fingerprint density at radius 2 is 2.00 bits per heavy atom. The van der Waals surface area contributed by atoms with E-state index in [0.717, 1.165) is 10.4 Å². The quantitative estimate of drug-likeness (QED) is 0.697. The van der Waals surface area contributed by atoms with Crippen LogP contribution < -0.4 is 16.2 Å². The van der Waals surface area contributed by atoms with Crippen LogP contribution in [-0.4, -0.2) is 30.0 Å². The Labute approximate surface area is 156 Å². The van der Waals surface area contributed by atoms with Crippen LogP contribution in [0, 0.1) is 0 Å². The van der Waals surface area contributed by atoms with Gasteiger partial charge in [-0.05, 0) is 17.9 Å². The molecule has 1 aliphatic heterocycles. The SMILES string of the molecule is COC(=O)c1nc(NC(=O)C2CC(c3ccccc3)NN2)sc1C(C)C. The molecule has 0 bridgehead atoms. The van der Waals surface area contributed by atoms with E-state index in [1.807, 2.05) is 44.2 Å². The van der Waals surface area contributed by atoms with Gasteiger partial charge in [0.15, 0.2) is 10.8 Å². The fourth-order valence-corrected chi connectivity index (χ4v) is 3.80. The van der Waals surface area contributed by atoms with Gasteiger partial charge in [-0.1, -0.05) is 44.2 Å². The molecule has 2 unspecified atom stereocenters. The first-order valence-corrected chi connectivity index (χ1v) is 9.27. The summed E-state index contributed by atoms with van der Waals surface area (Å²) < 4.78 is 4.78. The number of nitrogens with zero attached hydrogens (tertiary/aromatic N) is 1. The molecule has 0 aliphatic carbocycles. The monoisotopic (exact) mass is 374 g/mol. The first kappa shape index (κ1) is 18.5. The van der Waals surface area contributed by atoms with E-state index in [4.69, 9.17) is 4.74 Å². The Morgan fingerprint density at radius 1 is 1.27 bits per heavy atom. The zero-order valence-corrected chi connectivity index (χ0v) is 15.7. The molecule has 2 atom stereocenters. The van der Waals surface area contributed by atoms with E-state index in [9.17, 15) is 9.59 Å². The smallest absolute Gasteiger partial charge is 0.357 e. The van der Waals surface area contributed by atoms with Crippen molar-refractivity contribution >= 4 is 28.3 Å². The number of carbonyl (C=O) groups excluding carboxylic acids is 2. The third-order valence-electron chi connectivity index (χ3n) is 4.21. The predicted octanol–water partition coefficient (Wildman–Crippen LogP) is 2.60. The van der Waals surface area contributed by atoms with Crippen molar-refractivity contribution in [3.05, 3.63) is 46.5 Å². The number of anilines is 1. The average molecular weight is 374 g/mol. The minimum atomic E-state index is -0.491. The molecule has 1 aliphatic rings. The molecule has 3 rings (SSSR count). The Morgan fingerprint density at radius 3 is 2.65 bits per heavy atom. The Kier molecular flexibility index (Phi) is 5.65. The summed E-state index contributed by atoms with van der Waals surface area (Å²) in [6.45, 7) is 3.94. The van der Waals surface area contributed by atoms with Gasteiger partial charge in [-0.25, -0.2) is 20.6 Å². The molecule has 2 heterocycles. The van der Waals surface area contributed by atoms with Gasteiger partial charge in [0.2, 0.25) is 5.91 Å². The standard InChI is InChI=1S/C18H22N4O3S/c1-10(2)15-14(17(24)25-3)19-18(26-15)20-16(23)13-9-12(21-22-13)11-7-5-4-6-8-11/h4-8,10,12-13,21-22H,9H2,1-3H3,(H,19,20,23). The molecule has 0 radical (unpaired) electrons. The minimum absolute atomic E-state index is 0.0695. The fraction of sp³-hybridized carbons (Fsp3) is 0.389. The van der Waals surface area contributed by atoms with Crippen molar-refractivity contribution in [3.8, 4) is 0 Å². The van der Waals surface area contributed by atoms with E-state index in [-0.39, 0.29) is 29.6 Å². The van der Waals surface area contributed by atoms with Crippen molar-refractivity contribution in [1.29, 1.82) is 0 Å². The van der Waals surface area contributed by atoms with Gasteiger partial charge in [-0.2, -0.15) is 0 Å². The molecule has 8 heteroatoms. The van der Waals surface area contributed by atoms with Crippen LogP contribution in [0.15, 0.2) is 30.3 Å². The predicted molar refractivity (Wildman–Crippen MR) is 100 cm³/mol. The third kappa shape index (κ3) is 3.92. The average Bonchev–Trinajstić information content (AvgIpc) is 3.29. The van der Waals surface area contributed by atoms with E-state index >= 15 is 0 Å². The molecule has 0 saturated carbocycles. The van der Waals surface area contributed by atoms with Crippen molar-refractivity contribution in [2.45, 2.75) is 38.3 Å². The highest BCUT2D eigenvalue weighted by Crippen LogP contribution is 2.31. The number of nitrogens with one attached hydrogen (secondary N) is 3. The molecule has 1 aromatic carbocycles. The number of hydrazine groups is 1. The Bertz CT molecular complexity index is 791. The van der Waals surface area contributed by atoms with Gasteiger partial charge in [-0.15, -0.1) is 11.3 Å². The van der Waals surface area contributed by atoms with Crippen LogP contribution in [0.25, 0.3) is 0 Å². The number of esters is 1. The lowest BCUT2D eigenvalue weighted by Crippen LogP contribution is -2.39. The number of hydrogen-bond donors (Lipinski definition) is 3. The van der Waals surface area contributed by atoms with E-state index < -0.39 is 5.97 Å². The van der Waals surface area contributed by atoms with Crippen molar-refractivity contribution in [2.75, 3.05) is 12.4 Å². The van der Waals surface area contributed by atoms with Crippen molar-refractivity contribution in [1.82, 2.24) is 15.8 Å². The zero-order chi connectivity index (χ0) is 18.7. The molecule has 3 N–H and O–H groups in total.